The SMILES string of the molecule is CN1C[C@H]([C@@H](c2ccccc2)n2nc(CO)c3ccccc32)n2ncc(=O)c(O)c2C1=O. The molecule has 2 atom stereocenters. The highest BCUT2D eigenvalue weighted by molar-refractivity contribution is 5.95. The van der Waals surface area contributed by atoms with Crippen molar-refractivity contribution in [3.63, 3.8) is 0 Å². The number of carbonyl (C=O) groups excluding carboxylic acids is 1. The molecular weight excluding hydrogens is 410 g/mol. The van der Waals surface area contributed by atoms with Crippen molar-refractivity contribution in [1.82, 2.24) is 24.5 Å². The van der Waals surface area contributed by atoms with Gasteiger partial charge in [0, 0.05) is 19.0 Å². The maximum Gasteiger partial charge on any atom is 0.275 e. The Labute approximate surface area is 182 Å². The molecule has 0 bridgehead atoms. The number of fused-ring (bicyclic) bond motifs is 2. The minimum Gasteiger partial charge on any atom is -0.502 e. The average molecular weight is 431 g/mol. The van der Waals surface area contributed by atoms with Gasteiger partial charge >= 0.3 is 0 Å². The molecule has 0 radical (unpaired) electrons. The number of aromatic nitrogens is 4. The predicted octanol–water partition coefficient (Wildman–Crippen LogP) is 1.71. The van der Waals surface area contributed by atoms with Crippen LogP contribution in [0.5, 0.6) is 5.75 Å². The standard InChI is InChI=1S/C23H21N5O4/c1-26-12-18(27-21(23(26)32)22(31)19(30)11-24-27)20(14-7-3-2-4-8-14)28-17-10-6-5-9-15(17)16(13-29)25-28/h2-11,18,20,29,31H,12-13H2,1H3/t18-,20-/m1/s1. The van der Waals surface area contributed by atoms with Gasteiger partial charge in [0.25, 0.3) is 5.91 Å². The lowest BCUT2D eigenvalue weighted by Crippen LogP contribution is -2.46. The molecule has 9 nitrogen and oxygen atoms in total. The molecule has 2 aromatic heterocycles. The summed E-state index contributed by atoms with van der Waals surface area (Å²) in [6.07, 6.45) is 1.02. The largest absolute Gasteiger partial charge is 0.502 e. The molecule has 0 unspecified atom stereocenters. The van der Waals surface area contributed by atoms with E-state index in [-0.39, 0.29) is 18.8 Å². The number of hydrogen-bond donors (Lipinski definition) is 2. The molecule has 2 N–H and O–H groups in total. The summed E-state index contributed by atoms with van der Waals surface area (Å²) < 4.78 is 3.25. The number of benzene rings is 2. The van der Waals surface area contributed by atoms with Crippen LogP contribution < -0.4 is 5.43 Å². The van der Waals surface area contributed by atoms with E-state index in [0.29, 0.717) is 5.69 Å². The molecule has 32 heavy (non-hydrogen) atoms. The molecular formula is C23H21N5O4. The van der Waals surface area contributed by atoms with Crippen LogP contribution in [0.2, 0.25) is 0 Å². The molecule has 1 amide bonds. The van der Waals surface area contributed by atoms with Crippen molar-refractivity contribution in [2.75, 3.05) is 13.6 Å². The maximum atomic E-state index is 12.8. The summed E-state index contributed by atoms with van der Waals surface area (Å²) in [5.74, 6) is -1.09. The van der Waals surface area contributed by atoms with Gasteiger partial charge in [-0.2, -0.15) is 10.2 Å². The van der Waals surface area contributed by atoms with Crippen LogP contribution in [0.4, 0.5) is 0 Å². The van der Waals surface area contributed by atoms with Gasteiger partial charge in [-0.1, -0.05) is 48.5 Å². The maximum absolute atomic E-state index is 12.8. The van der Waals surface area contributed by atoms with E-state index >= 15 is 0 Å². The second-order valence-electron chi connectivity index (χ2n) is 7.83. The van der Waals surface area contributed by atoms with E-state index in [2.05, 4.69) is 5.10 Å². The van der Waals surface area contributed by atoms with E-state index in [1.54, 1.807) is 7.05 Å². The molecule has 4 aromatic rings. The van der Waals surface area contributed by atoms with Crippen molar-refractivity contribution in [3.05, 3.63) is 88.0 Å². The molecule has 5 rings (SSSR count). The van der Waals surface area contributed by atoms with Crippen molar-refractivity contribution in [1.29, 1.82) is 0 Å². The Morgan fingerprint density at radius 2 is 1.81 bits per heavy atom. The third-order valence-electron chi connectivity index (χ3n) is 5.92. The first-order valence-corrected chi connectivity index (χ1v) is 10.2. The Balaban J connectivity index is 1.80. The Morgan fingerprint density at radius 3 is 2.56 bits per heavy atom. The Bertz CT molecular complexity index is 1380. The average Bonchev–Trinajstić information content (AvgIpc) is 3.18. The van der Waals surface area contributed by atoms with Gasteiger partial charge in [-0.25, -0.2) is 4.68 Å². The monoisotopic (exact) mass is 431 g/mol. The van der Waals surface area contributed by atoms with Gasteiger partial charge in [0.1, 0.15) is 6.04 Å². The first-order chi connectivity index (χ1) is 15.5. The fraction of sp³-hybridized carbons (Fsp3) is 0.217. The molecule has 162 valence electrons. The first-order valence-electron chi connectivity index (χ1n) is 10.2. The zero-order valence-corrected chi connectivity index (χ0v) is 17.3. The number of aliphatic hydroxyl groups excluding tert-OH is 1. The van der Waals surface area contributed by atoms with E-state index in [0.717, 1.165) is 22.7 Å². The van der Waals surface area contributed by atoms with Gasteiger partial charge in [0.05, 0.1) is 30.1 Å². The van der Waals surface area contributed by atoms with Crippen LogP contribution in [0.25, 0.3) is 10.9 Å². The minimum atomic E-state index is -0.706. The van der Waals surface area contributed by atoms with E-state index in [9.17, 15) is 19.8 Å². The molecule has 3 heterocycles. The summed E-state index contributed by atoms with van der Waals surface area (Å²) in [7, 11) is 1.62. The second-order valence-corrected chi connectivity index (χ2v) is 7.83. The van der Waals surface area contributed by atoms with Crippen LogP contribution in [-0.4, -0.2) is 54.2 Å². The minimum absolute atomic E-state index is 0.143. The van der Waals surface area contributed by atoms with Crippen molar-refractivity contribution >= 4 is 16.8 Å². The van der Waals surface area contributed by atoms with Gasteiger partial charge in [-0.05, 0) is 11.6 Å². The first kappa shape index (κ1) is 20.0. The third kappa shape index (κ3) is 2.97. The number of nitrogens with zero attached hydrogens (tertiary/aromatic N) is 5. The molecule has 0 spiro atoms. The molecule has 0 saturated heterocycles. The lowest BCUT2D eigenvalue weighted by atomic mass is 9.96. The van der Waals surface area contributed by atoms with Crippen LogP contribution in [-0.2, 0) is 6.61 Å². The van der Waals surface area contributed by atoms with Gasteiger partial charge in [0.2, 0.25) is 5.43 Å². The number of amides is 1. The summed E-state index contributed by atoms with van der Waals surface area (Å²) in [5.41, 5.74) is 1.41. The molecule has 0 fully saturated rings. The third-order valence-corrected chi connectivity index (χ3v) is 5.92. The summed E-state index contributed by atoms with van der Waals surface area (Å²) in [5, 5.41) is 30.1. The predicted molar refractivity (Wildman–Crippen MR) is 116 cm³/mol. The molecule has 1 aliphatic rings. The summed E-state index contributed by atoms with van der Waals surface area (Å²) >= 11 is 0. The van der Waals surface area contributed by atoms with Crippen molar-refractivity contribution in [2.24, 2.45) is 0 Å². The van der Waals surface area contributed by atoms with Crippen LogP contribution in [0.3, 0.4) is 0 Å². The van der Waals surface area contributed by atoms with E-state index < -0.39 is 29.2 Å². The van der Waals surface area contributed by atoms with Crippen molar-refractivity contribution in [3.8, 4) is 5.75 Å². The molecule has 0 aliphatic carbocycles. The van der Waals surface area contributed by atoms with Gasteiger partial charge in [0.15, 0.2) is 11.4 Å². The highest BCUT2D eigenvalue weighted by atomic mass is 16.3. The summed E-state index contributed by atoms with van der Waals surface area (Å²) in [6, 6.07) is 16.3. The lowest BCUT2D eigenvalue weighted by Gasteiger charge is -2.37. The Hall–Kier alpha value is -3.98. The Morgan fingerprint density at radius 1 is 1.09 bits per heavy atom. The quantitative estimate of drug-likeness (QED) is 0.509. The summed E-state index contributed by atoms with van der Waals surface area (Å²) in [4.78, 5) is 26.3. The number of rotatable bonds is 4. The zero-order chi connectivity index (χ0) is 22.4. The fourth-order valence-electron chi connectivity index (χ4n) is 4.43. The van der Waals surface area contributed by atoms with Gasteiger partial charge in [-0.15, -0.1) is 0 Å². The van der Waals surface area contributed by atoms with Gasteiger partial charge in [-0.3, -0.25) is 14.3 Å². The topological polar surface area (TPSA) is 113 Å². The molecule has 1 aliphatic heterocycles. The Kier molecular flexibility index (Phi) is 4.75. The van der Waals surface area contributed by atoms with Crippen LogP contribution >= 0.6 is 0 Å². The zero-order valence-electron chi connectivity index (χ0n) is 17.3. The highest BCUT2D eigenvalue weighted by Gasteiger charge is 2.39. The molecule has 2 aromatic carbocycles. The van der Waals surface area contributed by atoms with Crippen molar-refractivity contribution < 1.29 is 15.0 Å². The number of carbonyl (C=O) groups is 1. The number of hydrogen-bond acceptors (Lipinski definition) is 6. The molecule has 0 saturated carbocycles. The number of aliphatic hydroxyl groups is 1. The molecule has 9 heteroatoms. The number of para-hydroxylation sites is 1. The fourth-order valence-corrected chi connectivity index (χ4v) is 4.43. The normalized spacial score (nSPS) is 16.9. The summed E-state index contributed by atoms with van der Waals surface area (Å²) in [6.45, 7) is 0.0593. The van der Waals surface area contributed by atoms with Crippen molar-refractivity contribution in [2.45, 2.75) is 18.7 Å². The number of aromatic hydroxyl groups is 1. The van der Waals surface area contributed by atoms with Crippen LogP contribution in [0, 0.1) is 0 Å². The second kappa shape index (κ2) is 7.61. The van der Waals surface area contributed by atoms with Crippen LogP contribution in [0.15, 0.2) is 65.6 Å². The van der Waals surface area contributed by atoms with Gasteiger partial charge < -0.3 is 15.1 Å². The van der Waals surface area contributed by atoms with E-state index in [1.165, 1.54) is 9.58 Å². The number of likely N-dealkylation sites (N-methyl/N-ethyl adjacent to an activating group) is 1. The van der Waals surface area contributed by atoms with E-state index in [4.69, 9.17) is 5.10 Å². The van der Waals surface area contributed by atoms with Crippen LogP contribution in [0.1, 0.15) is 33.8 Å². The highest BCUT2D eigenvalue weighted by Crippen LogP contribution is 2.37. The van der Waals surface area contributed by atoms with E-state index in [1.807, 2.05) is 59.3 Å². The lowest BCUT2D eigenvalue weighted by molar-refractivity contribution is 0.0669. The smallest absolute Gasteiger partial charge is 0.275 e.